The van der Waals surface area contributed by atoms with E-state index in [2.05, 4.69) is 25.8 Å². The van der Waals surface area contributed by atoms with E-state index in [1.165, 1.54) is 24.5 Å². The van der Waals surface area contributed by atoms with E-state index in [-0.39, 0.29) is 30.8 Å². The first-order valence-electron chi connectivity index (χ1n) is 9.38. The highest BCUT2D eigenvalue weighted by Gasteiger charge is 2.33. The van der Waals surface area contributed by atoms with Gasteiger partial charge < -0.3 is 9.64 Å². The maximum Gasteiger partial charge on any atom is 0.355 e. The Hall–Kier alpha value is -3.83. The summed E-state index contributed by atoms with van der Waals surface area (Å²) in [5, 5.41) is 11.8. The lowest BCUT2D eigenvalue weighted by atomic mass is 9.98. The highest BCUT2D eigenvalue weighted by molar-refractivity contribution is 5.94. The Labute approximate surface area is 171 Å². The molecule has 0 aromatic carbocycles. The van der Waals surface area contributed by atoms with Crippen LogP contribution in [0.2, 0.25) is 0 Å². The van der Waals surface area contributed by atoms with Crippen LogP contribution in [0.15, 0.2) is 30.9 Å². The van der Waals surface area contributed by atoms with Gasteiger partial charge in [0.05, 0.1) is 17.4 Å². The van der Waals surface area contributed by atoms with E-state index in [4.69, 9.17) is 4.74 Å². The van der Waals surface area contributed by atoms with Crippen molar-refractivity contribution in [1.29, 1.82) is 0 Å². The van der Waals surface area contributed by atoms with Crippen LogP contribution >= 0.6 is 0 Å². The normalized spacial score (nSPS) is 15.9. The fourth-order valence-electron chi connectivity index (χ4n) is 3.17. The van der Waals surface area contributed by atoms with Gasteiger partial charge in [-0.25, -0.2) is 9.97 Å². The maximum absolute atomic E-state index is 12.2. The summed E-state index contributed by atoms with van der Waals surface area (Å²) in [7, 11) is 0. The summed E-state index contributed by atoms with van der Waals surface area (Å²) >= 11 is 0. The molecule has 0 spiro atoms. The molecule has 30 heavy (non-hydrogen) atoms. The minimum Gasteiger partial charge on any atom is -0.466 e. The molecule has 0 aliphatic carbocycles. The average molecular weight is 415 g/mol. The molecule has 12 heteroatoms. The SMILES string of the molecule is CCOC(=O)C1CCCN(c2ncnc(NNC(=O)c3ccncc3)c2[N+](=O)[O-])C1. The fraction of sp³-hybridized carbons (Fsp3) is 0.389. The van der Waals surface area contributed by atoms with Crippen LogP contribution in [0.1, 0.15) is 30.1 Å². The van der Waals surface area contributed by atoms with E-state index in [0.29, 0.717) is 24.9 Å². The van der Waals surface area contributed by atoms with Gasteiger partial charge in [-0.2, -0.15) is 0 Å². The molecule has 12 nitrogen and oxygen atoms in total. The summed E-state index contributed by atoms with van der Waals surface area (Å²) in [6.07, 6.45) is 5.37. The minimum absolute atomic E-state index is 0.0738. The van der Waals surface area contributed by atoms with Crippen LogP contribution in [0.25, 0.3) is 0 Å². The Kier molecular flexibility index (Phi) is 6.67. The second-order valence-electron chi connectivity index (χ2n) is 6.50. The van der Waals surface area contributed by atoms with Crippen LogP contribution in [-0.2, 0) is 9.53 Å². The number of esters is 1. The summed E-state index contributed by atoms with van der Waals surface area (Å²) in [6, 6.07) is 3.00. The van der Waals surface area contributed by atoms with Crippen LogP contribution in [0.4, 0.5) is 17.3 Å². The molecular weight excluding hydrogens is 394 g/mol. The fourth-order valence-corrected chi connectivity index (χ4v) is 3.17. The molecule has 3 rings (SSSR count). The van der Waals surface area contributed by atoms with E-state index in [9.17, 15) is 19.7 Å². The molecule has 2 N–H and O–H groups in total. The third kappa shape index (κ3) is 4.77. The zero-order valence-electron chi connectivity index (χ0n) is 16.3. The summed E-state index contributed by atoms with van der Waals surface area (Å²) in [5.41, 5.74) is 4.81. The Morgan fingerprint density at radius 2 is 2.10 bits per heavy atom. The lowest BCUT2D eigenvalue weighted by Crippen LogP contribution is -2.40. The number of carbonyl (C=O) groups excluding carboxylic acids is 2. The van der Waals surface area contributed by atoms with Crippen LogP contribution in [0.5, 0.6) is 0 Å². The number of hydrazine groups is 1. The predicted octanol–water partition coefficient (Wildman–Crippen LogP) is 1.32. The van der Waals surface area contributed by atoms with E-state index in [1.54, 1.807) is 11.8 Å². The quantitative estimate of drug-likeness (QED) is 0.384. The second kappa shape index (κ2) is 9.58. The number of amides is 1. The number of nitro groups is 1. The van der Waals surface area contributed by atoms with E-state index >= 15 is 0 Å². The van der Waals surface area contributed by atoms with Crippen LogP contribution < -0.4 is 15.8 Å². The van der Waals surface area contributed by atoms with Gasteiger partial charge in [-0.1, -0.05) is 0 Å². The number of nitrogens with zero attached hydrogens (tertiary/aromatic N) is 5. The van der Waals surface area contributed by atoms with Gasteiger partial charge in [0, 0.05) is 31.0 Å². The summed E-state index contributed by atoms with van der Waals surface area (Å²) in [4.78, 5) is 48.9. The Bertz CT molecular complexity index is 924. The highest BCUT2D eigenvalue weighted by Crippen LogP contribution is 2.34. The summed E-state index contributed by atoms with van der Waals surface area (Å²) in [5.74, 6) is -1.32. The van der Waals surface area contributed by atoms with Gasteiger partial charge in [-0.3, -0.25) is 35.5 Å². The molecule has 1 aliphatic heterocycles. The molecule has 0 bridgehead atoms. The summed E-state index contributed by atoms with van der Waals surface area (Å²) in [6.45, 7) is 2.75. The predicted molar refractivity (Wildman–Crippen MR) is 106 cm³/mol. The maximum atomic E-state index is 12.2. The number of aromatic nitrogens is 3. The third-order valence-corrected chi connectivity index (χ3v) is 4.56. The number of hydrogen-bond acceptors (Lipinski definition) is 10. The molecule has 3 heterocycles. The van der Waals surface area contributed by atoms with Crippen molar-refractivity contribution in [1.82, 2.24) is 20.4 Å². The van der Waals surface area contributed by atoms with Gasteiger partial charge in [-0.05, 0) is 31.9 Å². The molecule has 2 aromatic heterocycles. The van der Waals surface area contributed by atoms with Gasteiger partial charge in [0.25, 0.3) is 5.91 Å². The molecule has 158 valence electrons. The lowest BCUT2D eigenvalue weighted by Gasteiger charge is -2.32. The van der Waals surface area contributed by atoms with Crippen LogP contribution in [-0.4, -0.2) is 51.4 Å². The third-order valence-electron chi connectivity index (χ3n) is 4.56. The molecule has 1 saturated heterocycles. The number of piperidine rings is 1. The Balaban J connectivity index is 1.80. The Morgan fingerprint density at radius 3 is 2.80 bits per heavy atom. The van der Waals surface area contributed by atoms with Crippen molar-refractivity contribution < 1.29 is 19.2 Å². The molecule has 1 aliphatic rings. The second-order valence-corrected chi connectivity index (χ2v) is 6.50. The molecule has 0 radical (unpaired) electrons. The zero-order valence-corrected chi connectivity index (χ0v) is 16.3. The average Bonchev–Trinajstić information content (AvgIpc) is 2.78. The molecule has 0 saturated carbocycles. The van der Waals surface area contributed by atoms with Gasteiger partial charge in [-0.15, -0.1) is 0 Å². The van der Waals surface area contributed by atoms with Crippen LogP contribution in [0.3, 0.4) is 0 Å². The van der Waals surface area contributed by atoms with E-state index in [1.807, 2.05) is 0 Å². The minimum atomic E-state index is -0.621. The highest BCUT2D eigenvalue weighted by atomic mass is 16.6. The number of rotatable bonds is 7. The van der Waals surface area contributed by atoms with Gasteiger partial charge in [0.2, 0.25) is 11.6 Å². The number of pyridine rings is 1. The number of anilines is 2. The zero-order chi connectivity index (χ0) is 21.5. The van der Waals surface area contributed by atoms with Crippen molar-refractivity contribution in [2.75, 3.05) is 30.0 Å². The van der Waals surface area contributed by atoms with Gasteiger partial charge in [0.15, 0.2) is 0 Å². The van der Waals surface area contributed by atoms with Crippen molar-refractivity contribution in [3.8, 4) is 0 Å². The monoisotopic (exact) mass is 415 g/mol. The first-order chi connectivity index (χ1) is 14.5. The van der Waals surface area contributed by atoms with Crippen molar-refractivity contribution in [3.63, 3.8) is 0 Å². The smallest absolute Gasteiger partial charge is 0.355 e. The standard InChI is InChI=1S/C18H21N7O5/c1-2-30-18(27)13-4-3-9-24(10-13)16-14(25(28)29)15(20-11-21-16)22-23-17(26)12-5-7-19-8-6-12/h5-8,11,13H,2-4,9-10H2,1H3,(H,23,26)(H,20,21,22). The molecule has 1 amide bonds. The number of hydrogen-bond donors (Lipinski definition) is 2. The van der Waals surface area contributed by atoms with E-state index < -0.39 is 22.4 Å². The Morgan fingerprint density at radius 1 is 1.33 bits per heavy atom. The molecule has 2 aromatic rings. The van der Waals surface area contributed by atoms with E-state index in [0.717, 1.165) is 6.33 Å². The van der Waals surface area contributed by atoms with Crippen LogP contribution in [0, 0.1) is 16.0 Å². The van der Waals surface area contributed by atoms with Crippen molar-refractivity contribution in [2.45, 2.75) is 19.8 Å². The first-order valence-corrected chi connectivity index (χ1v) is 9.38. The largest absolute Gasteiger partial charge is 0.466 e. The number of carbonyl (C=O) groups is 2. The lowest BCUT2D eigenvalue weighted by molar-refractivity contribution is -0.383. The van der Waals surface area contributed by atoms with Gasteiger partial charge >= 0.3 is 11.7 Å². The number of ether oxygens (including phenoxy) is 1. The number of nitrogens with one attached hydrogen (secondary N) is 2. The van der Waals surface area contributed by atoms with Crippen molar-refractivity contribution >= 4 is 29.2 Å². The molecular formula is C18H21N7O5. The molecule has 1 atom stereocenters. The van der Waals surface area contributed by atoms with Crippen molar-refractivity contribution in [3.05, 3.63) is 46.5 Å². The summed E-state index contributed by atoms with van der Waals surface area (Å²) < 4.78 is 5.08. The van der Waals surface area contributed by atoms with Gasteiger partial charge in [0.1, 0.15) is 6.33 Å². The molecule has 1 unspecified atom stereocenters. The molecule has 1 fully saturated rings. The van der Waals surface area contributed by atoms with Crippen molar-refractivity contribution in [2.24, 2.45) is 5.92 Å². The topological polar surface area (TPSA) is 152 Å². The first kappa shape index (κ1) is 20.9.